The maximum absolute atomic E-state index is 12.3. The summed E-state index contributed by atoms with van der Waals surface area (Å²) in [7, 11) is -2.04. The van der Waals surface area contributed by atoms with Crippen LogP contribution in [0.1, 0.15) is 29.8 Å². The Bertz CT molecular complexity index is 586. The van der Waals surface area contributed by atoms with Gasteiger partial charge in [-0.2, -0.15) is 0 Å². The third-order valence-electron chi connectivity index (χ3n) is 3.41. The molecule has 20 heavy (non-hydrogen) atoms. The van der Waals surface area contributed by atoms with E-state index in [9.17, 15) is 13.2 Å². The lowest BCUT2D eigenvalue weighted by Gasteiger charge is -2.15. The number of nitrogens with two attached hydrogens (primary N) is 1. The number of amides is 1. The van der Waals surface area contributed by atoms with Gasteiger partial charge >= 0.3 is 0 Å². The summed E-state index contributed by atoms with van der Waals surface area (Å²) in [5, 5.41) is 3.20. The largest absolute Gasteiger partial charge is 0.364 e. The number of aryl methyl sites for hydroxylation is 1. The van der Waals surface area contributed by atoms with Gasteiger partial charge < -0.3 is 15.6 Å². The first-order valence-electron chi connectivity index (χ1n) is 6.59. The van der Waals surface area contributed by atoms with Crippen LogP contribution in [-0.2, 0) is 17.1 Å². The molecule has 1 unspecified atom stereocenters. The van der Waals surface area contributed by atoms with Gasteiger partial charge in [0.25, 0.3) is 5.91 Å². The molecular weight excluding hydrogens is 280 g/mol. The van der Waals surface area contributed by atoms with Gasteiger partial charge in [-0.25, -0.2) is 13.1 Å². The highest BCUT2D eigenvalue weighted by molar-refractivity contribution is 7.89. The summed E-state index contributed by atoms with van der Waals surface area (Å²) in [6.45, 7) is 1.53. The smallest absolute Gasteiger partial charge is 0.265 e. The number of hydrogen-bond donors (Lipinski definition) is 3. The fraction of sp³-hybridized carbons (Fsp3) is 0.583. The fourth-order valence-electron chi connectivity index (χ4n) is 2.33. The third-order valence-corrected chi connectivity index (χ3v) is 4.90. The Labute approximate surface area is 118 Å². The molecule has 2 rings (SSSR count). The van der Waals surface area contributed by atoms with Crippen LogP contribution in [0.4, 0.5) is 0 Å². The van der Waals surface area contributed by atoms with Gasteiger partial charge in [-0.15, -0.1) is 0 Å². The lowest BCUT2D eigenvalue weighted by Crippen LogP contribution is -2.40. The molecule has 0 aliphatic carbocycles. The molecule has 1 atom stereocenters. The van der Waals surface area contributed by atoms with E-state index in [4.69, 9.17) is 5.73 Å². The number of aromatic nitrogens is 1. The van der Waals surface area contributed by atoms with Crippen molar-refractivity contribution >= 4 is 15.9 Å². The van der Waals surface area contributed by atoms with Gasteiger partial charge in [0, 0.05) is 25.8 Å². The zero-order valence-electron chi connectivity index (χ0n) is 11.4. The van der Waals surface area contributed by atoms with E-state index in [1.807, 2.05) is 0 Å². The molecule has 0 spiro atoms. The summed E-state index contributed by atoms with van der Waals surface area (Å²) < 4.78 is 28.7. The Morgan fingerprint density at radius 2 is 2.25 bits per heavy atom. The number of hydrogen-bond acceptors (Lipinski definition) is 4. The van der Waals surface area contributed by atoms with Crippen molar-refractivity contribution in [2.75, 3.05) is 13.1 Å². The molecule has 1 amide bonds. The Balaban J connectivity index is 2.17. The van der Waals surface area contributed by atoms with E-state index in [0.717, 1.165) is 25.8 Å². The van der Waals surface area contributed by atoms with Crippen molar-refractivity contribution < 1.29 is 13.2 Å². The maximum atomic E-state index is 12.3. The van der Waals surface area contributed by atoms with E-state index in [2.05, 4.69) is 10.0 Å². The van der Waals surface area contributed by atoms with Crippen molar-refractivity contribution in [3.05, 3.63) is 18.0 Å². The fourth-order valence-corrected chi connectivity index (χ4v) is 3.67. The Morgan fingerprint density at radius 3 is 2.90 bits per heavy atom. The first-order chi connectivity index (χ1) is 9.40. The van der Waals surface area contributed by atoms with E-state index >= 15 is 0 Å². The van der Waals surface area contributed by atoms with Gasteiger partial charge in [0.15, 0.2) is 0 Å². The minimum absolute atomic E-state index is 0.0676. The SMILES string of the molecule is Cn1cc(S(=O)(=O)NC2CCCCNC2)cc1C(N)=O. The van der Waals surface area contributed by atoms with E-state index < -0.39 is 15.9 Å². The normalized spacial score (nSPS) is 20.6. The van der Waals surface area contributed by atoms with Crippen molar-refractivity contribution in [2.24, 2.45) is 12.8 Å². The van der Waals surface area contributed by atoms with Crippen molar-refractivity contribution in [1.29, 1.82) is 0 Å². The van der Waals surface area contributed by atoms with Gasteiger partial charge in [-0.3, -0.25) is 4.79 Å². The highest BCUT2D eigenvalue weighted by Gasteiger charge is 2.23. The molecule has 1 saturated heterocycles. The summed E-state index contributed by atoms with van der Waals surface area (Å²) in [5.41, 5.74) is 5.36. The van der Waals surface area contributed by atoms with Crippen LogP contribution in [0.15, 0.2) is 17.2 Å². The molecule has 1 aromatic heterocycles. The second-order valence-corrected chi connectivity index (χ2v) is 6.77. The van der Waals surface area contributed by atoms with Crippen LogP contribution in [0.25, 0.3) is 0 Å². The number of rotatable bonds is 4. The summed E-state index contributed by atoms with van der Waals surface area (Å²) in [6.07, 6.45) is 4.24. The summed E-state index contributed by atoms with van der Waals surface area (Å²) in [6, 6.07) is 1.18. The van der Waals surface area contributed by atoms with Crippen LogP contribution in [0, 0.1) is 0 Å². The number of carbonyl (C=O) groups is 1. The number of carbonyl (C=O) groups excluding carboxylic acids is 1. The minimum atomic E-state index is -3.63. The molecule has 4 N–H and O–H groups in total. The van der Waals surface area contributed by atoms with Gasteiger partial charge in [-0.1, -0.05) is 6.42 Å². The number of nitrogens with one attached hydrogen (secondary N) is 2. The molecule has 1 aromatic rings. The summed E-state index contributed by atoms with van der Waals surface area (Å²) in [4.78, 5) is 11.2. The van der Waals surface area contributed by atoms with Gasteiger partial charge in [-0.05, 0) is 25.5 Å². The van der Waals surface area contributed by atoms with Crippen molar-refractivity contribution in [3.8, 4) is 0 Å². The monoisotopic (exact) mass is 300 g/mol. The van der Waals surface area contributed by atoms with Crippen LogP contribution in [0.5, 0.6) is 0 Å². The molecule has 0 radical (unpaired) electrons. The zero-order chi connectivity index (χ0) is 14.8. The molecule has 0 saturated carbocycles. The zero-order valence-corrected chi connectivity index (χ0v) is 12.2. The molecule has 1 aliphatic rings. The molecule has 112 valence electrons. The number of nitrogens with zero attached hydrogens (tertiary/aromatic N) is 1. The molecule has 2 heterocycles. The van der Waals surface area contributed by atoms with Crippen molar-refractivity contribution in [1.82, 2.24) is 14.6 Å². The number of primary amides is 1. The van der Waals surface area contributed by atoms with Crippen LogP contribution in [0.3, 0.4) is 0 Å². The van der Waals surface area contributed by atoms with Crippen molar-refractivity contribution in [3.63, 3.8) is 0 Å². The quantitative estimate of drug-likeness (QED) is 0.700. The topological polar surface area (TPSA) is 106 Å². The van der Waals surface area contributed by atoms with Crippen LogP contribution >= 0.6 is 0 Å². The predicted octanol–water partition coefficient (Wildman–Crippen LogP) is -0.456. The van der Waals surface area contributed by atoms with Crippen LogP contribution in [-0.4, -0.2) is 38.0 Å². The second kappa shape index (κ2) is 5.94. The molecule has 1 fully saturated rings. The van der Waals surface area contributed by atoms with Gasteiger partial charge in [0.1, 0.15) is 10.6 Å². The minimum Gasteiger partial charge on any atom is -0.364 e. The first kappa shape index (κ1) is 15.0. The summed E-state index contributed by atoms with van der Waals surface area (Å²) >= 11 is 0. The van der Waals surface area contributed by atoms with E-state index in [1.54, 1.807) is 7.05 Å². The standard InChI is InChI=1S/C12H20N4O3S/c1-16-8-10(6-11(16)12(13)17)20(18,19)15-9-4-2-3-5-14-7-9/h6,8-9,14-15H,2-5,7H2,1H3,(H2,13,17). The Hall–Kier alpha value is -1.38. The highest BCUT2D eigenvalue weighted by Crippen LogP contribution is 2.15. The molecule has 7 nitrogen and oxygen atoms in total. The molecule has 0 aromatic carbocycles. The van der Waals surface area contributed by atoms with E-state index in [1.165, 1.54) is 16.8 Å². The Morgan fingerprint density at radius 1 is 1.50 bits per heavy atom. The lowest BCUT2D eigenvalue weighted by molar-refractivity contribution is 0.0992. The average molecular weight is 300 g/mol. The van der Waals surface area contributed by atoms with Crippen LogP contribution in [0.2, 0.25) is 0 Å². The first-order valence-corrected chi connectivity index (χ1v) is 8.07. The van der Waals surface area contributed by atoms with Gasteiger partial charge in [0.2, 0.25) is 10.0 Å². The summed E-state index contributed by atoms with van der Waals surface area (Å²) in [5.74, 6) is -0.648. The average Bonchev–Trinajstić information content (AvgIpc) is 2.59. The maximum Gasteiger partial charge on any atom is 0.265 e. The molecule has 0 bridgehead atoms. The second-order valence-electron chi connectivity index (χ2n) is 5.05. The molecular formula is C12H20N4O3S. The predicted molar refractivity (Wildman–Crippen MR) is 74.8 cm³/mol. The third kappa shape index (κ3) is 3.38. The molecule has 1 aliphatic heterocycles. The van der Waals surface area contributed by atoms with E-state index in [-0.39, 0.29) is 16.6 Å². The Kier molecular flexibility index (Phi) is 4.46. The number of sulfonamides is 1. The van der Waals surface area contributed by atoms with Crippen molar-refractivity contribution in [2.45, 2.75) is 30.2 Å². The van der Waals surface area contributed by atoms with Crippen LogP contribution < -0.4 is 15.8 Å². The van der Waals surface area contributed by atoms with E-state index in [0.29, 0.717) is 6.54 Å². The van der Waals surface area contributed by atoms with Gasteiger partial charge in [0.05, 0.1) is 0 Å². The molecule has 8 heteroatoms. The lowest BCUT2D eigenvalue weighted by atomic mass is 10.2. The highest BCUT2D eigenvalue weighted by atomic mass is 32.2.